The van der Waals surface area contributed by atoms with Crippen molar-refractivity contribution < 1.29 is 18.3 Å². The summed E-state index contributed by atoms with van der Waals surface area (Å²) in [5, 5.41) is 8.18. The van der Waals surface area contributed by atoms with Gasteiger partial charge < -0.3 is 10.1 Å². The maximum atomic E-state index is 12.4. The number of anilines is 1. The second-order valence-electron chi connectivity index (χ2n) is 4.86. The molecule has 6 nitrogen and oxygen atoms in total. The van der Waals surface area contributed by atoms with Gasteiger partial charge in [-0.05, 0) is 42.5 Å². The van der Waals surface area contributed by atoms with E-state index in [1.54, 1.807) is 24.3 Å². The number of sulfonamides is 1. The van der Waals surface area contributed by atoms with E-state index in [0.717, 1.165) is 18.0 Å². The van der Waals surface area contributed by atoms with Gasteiger partial charge in [-0.2, -0.15) is 0 Å². The second kappa shape index (κ2) is 7.88. The Labute approximate surface area is 154 Å². The van der Waals surface area contributed by atoms with Crippen molar-refractivity contribution in [3.63, 3.8) is 0 Å². The van der Waals surface area contributed by atoms with Gasteiger partial charge in [-0.3, -0.25) is 9.52 Å². The van der Waals surface area contributed by atoms with Crippen molar-refractivity contribution in [2.75, 3.05) is 11.8 Å². The van der Waals surface area contributed by atoms with Crippen LogP contribution in [-0.4, -0.2) is 31.9 Å². The summed E-state index contributed by atoms with van der Waals surface area (Å²) < 4.78 is 27.3. The molecule has 0 saturated heterocycles. The number of aliphatic hydroxyl groups excluding tert-OH is 1. The lowest BCUT2D eigenvalue weighted by Gasteiger charge is -2.09. The average molecular weight is 401 g/mol. The second-order valence-corrected chi connectivity index (χ2v) is 7.41. The summed E-state index contributed by atoms with van der Waals surface area (Å²) in [5.74, 6) is 0. The van der Waals surface area contributed by atoms with E-state index in [9.17, 15) is 13.2 Å². The Morgan fingerprint density at radius 3 is 2.28 bits per heavy atom. The first-order chi connectivity index (χ1) is 11.9. The molecule has 1 aromatic heterocycles. The Hall–Kier alpha value is -2.06. The number of fused-ring (bicyclic) bond motifs is 1. The third-order valence-corrected chi connectivity index (χ3v) is 4.96. The van der Waals surface area contributed by atoms with Crippen LogP contribution in [0, 0.1) is 0 Å². The van der Waals surface area contributed by atoms with Crippen LogP contribution in [-0.2, 0) is 10.0 Å². The van der Waals surface area contributed by atoms with Crippen molar-refractivity contribution in [1.82, 2.24) is 4.98 Å². The molecule has 0 fully saturated rings. The fourth-order valence-corrected chi connectivity index (χ4v) is 3.95. The number of hydrogen-bond acceptors (Lipinski definition) is 4. The van der Waals surface area contributed by atoms with Crippen molar-refractivity contribution >= 4 is 56.1 Å². The molecular weight excluding hydrogens is 387 g/mol. The van der Waals surface area contributed by atoms with Crippen LogP contribution < -0.4 is 4.72 Å². The first-order valence-electron chi connectivity index (χ1n) is 6.89. The fourth-order valence-electron chi connectivity index (χ4n) is 2.18. The Morgan fingerprint density at radius 2 is 1.68 bits per heavy atom. The number of aldehydes is 1. The minimum atomic E-state index is -3.82. The van der Waals surface area contributed by atoms with Gasteiger partial charge in [0.15, 0.2) is 6.29 Å². The molecule has 3 rings (SSSR count). The van der Waals surface area contributed by atoms with E-state index in [4.69, 9.17) is 28.3 Å². The van der Waals surface area contributed by atoms with Gasteiger partial charge in [0, 0.05) is 33.7 Å². The van der Waals surface area contributed by atoms with Crippen molar-refractivity contribution in [3.8, 4) is 0 Å². The summed E-state index contributed by atoms with van der Waals surface area (Å²) in [7, 11) is -2.82. The van der Waals surface area contributed by atoms with E-state index >= 15 is 0 Å². The van der Waals surface area contributed by atoms with Crippen LogP contribution in [0.2, 0.25) is 10.0 Å². The molecule has 0 bridgehead atoms. The van der Waals surface area contributed by atoms with E-state index < -0.39 is 10.0 Å². The molecule has 0 radical (unpaired) electrons. The molecule has 132 valence electrons. The molecule has 0 unspecified atom stereocenters. The Kier molecular flexibility index (Phi) is 6.07. The number of aromatic amines is 1. The molecule has 0 aliphatic heterocycles. The summed E-state index contributed by atoms with van der Waals surface area (Å²) in [6.45, 7) is 0. The number of rotatable bonds is 4. The van der Waals surface area contributed by atoms with Crippen molar-refractivity contribution in [3.05, 3.63) is 58.2 Å². The van der Waals surface area contributed by atoms with Crippen LogP contribution in [0.4, 0.5) is 5.69 Å². The van der Waals surface area contributed by atoms with E-state index in [1.165, 1.54) is 18.2 Å². The molecule has 0 amide bonds. The minimum absolute atomic E-state index is 0.0299. The molecule has 0 saturated carbocycles. The largest absolute Gasteiger partial charge is 0.400 e. The zero-order chi connectivity index (χ0) is 18.6. The lowest BCUT2D eigenvalue weighted by Crippen LogP contribution is -2.12. The highest BCUT2D eigenvalue weighted by molar-refractivity contribution is 7.92. The van der Waals surface area contributed by atoms with Crippen LogP contribution >= 0.6 is 23.2 Å². The van der Waals surface area contributed by atoms with Gasteiger partial charge in [0.05, 0.1) is 10.6 Å². The lowest BCUT2D eigenvalue weighted by molar-refractivity contribution is 0.111. The lowest BCUT2D eigenvalue weighted by atomic mass is 10.2. The SMILES string of the molecule is CO.O=Cc1cc2cc(NS(=O)(=O)c3cc(Cl)cc(Cl)c3)ccc2[nH]1. The number of carbonyl (C=O) groups is 1. The molecule has 25 heavy (non-hydrogen) atoms. The predicted octanol–water partition coefficient (Wildman–Crippen LogP) is 3.70. The molecule has 3 aromatic rings. The number of aromatic nitrogens is 1. The van der Waals surface area contributed by atoms with E-state index in [-0.39, 0.29) is 14.9 Å². The van der Waals surface area contributed by atoms with Gasteiger partial charge in [0.25, 0.3) is 10.0 Å². The summed E-state index contributed by atoms with van der Waals surface area (Å²) >= 11 is 11.7. The monoisotopic (exact) mass is 400 g/mol. The average Bonchev–Trinajstić information content (AvgIpc) is 2.98. The van der Waals surface area contributed by atoms with Crippen LogP contribution in [0.5, 0.6) is 0 Å². The molecular formula is C16H14Cl2N2O4S. The number of nitrogens with one attached hydrogen (secondary N) is 2. The summed E-state index contributed by atoms with van der Waals surface area (Å²) in [4.78, 5) is 13.6. The zero-order valence-electron chi connectivity index (χ0n) is 13.0. The number of H-pyrrole nitrogens is 1. The van der Waals surface area contributed by atoms with Gasteiger partial charge in [-0.25, -0.2) is 8.42 Å². The van der Waals surface area contributed by atoms with Crippen molar-refractivity contribution in [2.24, 2.45) is 0 Å². The Morgan fingerprint density at radius 1 is 1.04 bits per heavy atom. The summed E-state index contributed by atoms with van der Waals surface area (Å²) in [6.07, 6.45) is 0.692. The highest BCUT2D eigenvalue weighted by Gasteiger charge is 2.16. The van der Waals surface area contributed by atoms with Crippen molar-refractivity contribution in [1.29, 1.82) is 0 Å². The van der Waals surface area contributed by atoms with Crippen LogP contribution in [0.25, 0.3) is 10.9 Å². The topological polar surface area (TPSA) is 99.3 Å². The third-order valence-electron chi connectivity index (χ3n) is 3.17. The molecule has 3 N–H and O–H groups in total. The maximum Gasteiger partial charge on any atom is 0.261 e. The summed E-state index contributed by atoms with van der Waals surface area (Å²) in [6, 6.07) is 10.6. The smallest absolute Gasteiger partial charge is 0.261 e. The van der Waals surface area contributed by atoms with Gasteiger partial charge >= 0.3 is 0 Å². The normalized spacial score (nSPS) is 10.9. The highest BCUT2D eigenvalue weighted by Crippen LogP contribution is 2.25. The molecule has 2 aromatic carbocycles. The van der Waals surface area contributed by atoms with Crippen LogP contribution in [0.3, 0.4) is 0 Å². The molecule has 0 atom stereocenters. The van der Waals surface area contributed by atoms with E-state index in [0.29, 0.717) is 17.7 Å². The quantitative estimate of drug-likeness (QED) is 0.581. The Balaban J connectivity index is 0.00000109. The number of carbonyl (C=O) groups excluding carboxylic acids is 1. The van der Waals surface area contributed by atoms with Gasteiger partial charge in [0.1, 0.15) is 0 Å². The van der Waals surface area contributed by atoms with Gasteiger partial charge in [-0.15, -0.1) is 0 Å². The first kappa shape index (κ1) is 19.3. The van der Waals surface area contributed by atoms with Crippen molar-refractivity contribution in [2.45, 2.75) is 4.90 Å². The maximum absolute atomic E-state index is 12.4. The molecule has 9 heteroatoms. The zero-order valence-corrected chi connectivity index (χ0v) is 15.3. The standard InChI is InChI=1S/C15H10Cl2N2O3S.CH4O/c16-10-5-11(17)7-14(6-10)23(21,22)19-12-1-2-15-9(3-12)4-13(8-20)18-15;1-2/h1-8,18-19H;2H,1H3. The van der Waals surface area contributed by atoms with E-state index in [1.807, 2.05) is 0 Å². The van der Waals surface area contributed by atoms with E-state index in [2.05, 4.69) is 9.71 Å². The van der Waals surface area contributed by atoms with Crippen LogP contribution in [0.1, 0.15) is 10.5 Å². The summed E-state index contributed by atoms with van der Waals surface area (Å²) in [5.41, 5.74) is 1.52. The fraction of sp³-hybridized carbons (Fsp3) is 0.0625. The number of halogens is 2. The Bertz CT molecular complexity index is 996. The number of hydrogen-bond donors (Lipinski definition) is 3. The first-order valence-corrected chi connectivity index (χ1v) is 9.13. The molecule has 0 aliphatic carbocycles. The highest BCUT2D eigenvalue weighted by atomic mass is 35.5. The number of benzene rings is 2. The minimum Gasteiger partial charge on any atom is -0.400 e. The molecule has 1 heterocycles. The molecule has 0 aliphatic rings. The van der Waals surface area contributed by atoms with Gasteiger partial charge in [-0.1, -0.05) is 23.2 Å². The third kappa shape index (κ3) is 4.52. The predicted molar refractivity (Wildman–Crippen MR) is 99.1 cm³/mol. The van der Waals surface area contributed by atoms with Gasteiger partial charge in [0.2, 0.25) is 0 Å². The number of aliphatic hydroxyl groups is 1. The van der Waals surface area contributed by atoms with Crippen LogP contribution in [0.15, 0.2) is 47.4 Å². The molecule has 0 spiro atoms.